The Bertz CT molecular complexity index is 1950. The van der Waals surface area contributed by atoms with Gasteiger partial charge in [0, 0.05) is 5.56 Å². The van der Waals surface area contributed by atoms with Crippen LogP contribution in [0.1, 0.15) is 179 Å². The van der Waals surface area contributed by atoms with Crippen molar-refractivity contribution >= 4 is 58.0 Å². The van der Waals surface area contributed by atoms with Crippen LogP contribution in [0.15, 0.2) is 94.7 Å². The van der Waals surface area contributed by atoms with E-state index in [-0.39, 0.29) is 77.4 Å². The number of hydrogen-bond donors (Lipinski definition) is 2. The standard InChI is InChI=1S/2C26H38O5S.Ca/c2*1-2-3-4-5-6-7-8-9-10-11-12-16-19-23-24(27)20-21-25(26(23)32(28,29)30)31-22-17-14-13-15-18-22;/h2*13-15,17-18,20-21,27H,2-12,16,19H2,1H3,(H,28,29,30);/q;;+2/p-2. The molecule has 0 radical (unpaired) electrons. The van der Waals surface area contributed by atoms with E-state index < -0.39 is 30.9 Å². The van der Waals surface area contributed by atoms with Crippen molar-refractivity contribution in [1.29, 1.82) is 0 Å². The molecular formula is C52H74CaO10S2. The number of phenols is 1. The van der Waals surface area contributed by atoms with Gasteiger partial charge in [-0.25, -0.2) is 8.42 Å². The van der Waals surface area contributed by atoms with Gasteiger partial charge < -0.3 is 24.2 Å². The maximum atomic E-state index is 12.4. The van der Waals surface area contributed by atoms with Gasteiger partial charge in [0.05, 0.1) is 4.90 Å². The molecule has 0 aliphatic carbocycles. The minimum Gasteiger partial charge on any atom is -0.872 e. The van der Waals surface area contributed by atoms with Gasteiger partial charge in [0.2, 0.25) is 0 Å². The summed E-state index contributed by atoms with van der Waals surface area (Å²) in [5, 5.41) is 22.7. The zero-order valence-electron chi connectivity index (χ0n) is 39.2. The molecule has 4 aromatic rings. The maximum Gasteiger partial charge on any atom is 2.00 e. The molecule has 0 unspecified atom stereocenters. The Balaban J connectivity index is 0.000000440. The molecule has 0 atom stereocenters. The first kappa shape index (κ1) is 58.3. The molecule has 13 heteroatoms. The van der Waals surface area contributed by atoms with Crippen molar-refractivity contribution in [2.45, 2.75) is 191 Å². The van der Waals surface area contributed by atoms with Crippen LogP contribution in [0.3, 0.4) is 0 Å². The number of phenolic OH excluding ortho intramolecular Hbond substituents is 1. The zero-order chi connectivity index (χ0) is 46.5. The predicted molar refractivity (Wildman–Crippen MR) is 260 cm³/mol. The summed E-state index contributed by atoms with van der Waals surface area (Å²) in [6.07, 6.45) is 29.2. The van der Waals surface area contributed by atoms with Crippen LogP contribution in [-0.2, 0) is 33.1 Å². The van der Waals surface area contributed by atoms with E-state index in [1.54, 1.807) is 54.6 Å². The minimum atomic E-state index is -4.85. The van der Waals surface area contributed by atoms with E-state index in [0.29, 0.717) is 24.3 Å². The van der Waals surface area contributed by atoms with E-state index in [0.717, 1.165) is 38.5 Å². The van der Waals surface area contributed by atoms with Crippen molar-refractivity contribution in [3.05, 3.63) is 96.1 Å². The van der Waals surface area contributed by atoms with Gasteiger partial charge in [-0.3, -0.25) is 4.55 Å². The molecule has 0 bridgehead atoms. The van der Waals surface area contributed by atoms with Gasteiger partial charge in [-0.15, -0.1) is 5.75 Å². The van der Waals surface area contributed by atoms with E-state index in [1.165, 1.54) is 133 Å². The molecule has 4 aromatic carbocycles. The third-order valence-electron chi connectivity index (χ3n) is 11.4. The molecule has 0 aliphatic rings. The molecular weight excluding hydrogens is 889 g/mol. The summed E-state index contributed by atoms with van der Waals surface area (Å²) in [4.78, 5) is -0.860. The van der Waals surface area contributed by atoms with Crippen LogP contribution in [-0.4, -0.2) is 68.8 Å². The number of benzene rings is 4. The number of para-hydroxylation sites is 2. The molecule has 0 amide bonds. The van der Waals surface area contributed by atoms with Crippen LogP contribution < -0.4 is 14.6 Å². The van der Waals surface area contributed by atoms with Crippen molar-refractivity contribution < 1.29 is 45.6 Å². The Hall–Kier alpha value is -2.84. The molecule has 65 heavy (non-hydrogen) atoms. The van der Waals surface area contributed by atoms with Gasteiger partial charge in [0.25, 0.3) is 10.1 Å². The fraction of sp³-hybridized carbons (Fsp3) is 0.538. The molecule has 0 saturated carbocycles. The second-order valence-corrected chi connectivity index (χ2v) is 19.5. The Morgan fingerprint density at radius 3 is 1.17 bits per heavy atom. The number of aromatic hydroxyl groups is 1. The van der Waals surface area contributed by atoms with Gasteiger partial charge >= 0.3 is 37.7 Å². The normalized spacial score (nSPS) is 11.4. The van der Waals surface area contributed by atoms with Crippen LogP contribution in [0.5, 0.6) is 34.5 Å². The first-order chi connectivity index (χ1) is 30.9. The molecule has 0 fully saturated rings. The van der Waals surface area contributed by atoms with Gasteiger partial charge in [-0.2, -0.15) is 8.42 Å². The monoisotopic (exact) mass is 962 g/mol. The Morgan fingerprint density at radius 2 is 0.800 bits per heavy atom. The van der Waals surface area contributed by atoms with Crippen molar-refractivity contribution in [2.75, 3.05) is 0 Å². The SMILES string of the molecule is CCCCCCCCCCCCCCc1c(O)ccc(Oc2ccccc2)c1S(=O)(=O)O.CCCCCCCCCCCCCCc1c([O-])ccc(Oc2ccccc2)c1S(=O)(=O)[O-].[Ca+2]. The van der Waals surface area contributed by atoms with Gasteiger partial charge in [-0.1, -0.05) is 198 Å². The van der Waals surface area contributed by atoms with Crippen LogP contribution in [0.4, 0.5) is 0 Å². The largest absolute Gasteiger partial charge is 2.00 e. The van der Waals surface area contributed by atoms with E-state index in [1.807, 2.05) is 6.07 Å². The summed E-state index contributed by atoms with van der Waals surface area (Å²) < 4.78 is 81.2. The number of rotatable bonds is 32. The third-order valence-corrected chi connectivity index (χ3v) is 13.3. The first-order valence-electron chi connectivity index (χ1n) is 23.9. The number of ether oxygens (including phenoxy) is 2. The molecule has 0 aromatic heterocycles. The second kappa shape index (κ2) is 33.6. The summed E-state index contributed by atoms with van der Waals surface area (Å²) in [7, 11) is -9.41. The molecule has 0 spiro atoms. The summed E-state index contributed by atoms with van der Waals surface area (Å²) in [5.74, 6) is 0.237. The van der Waals surface area contributed by atoms with Crippen LogP contribution in [0.2, 0.25) is 0 Å². The first-order valence-corrected chi connectivity index (χ1v) is 26.8. The molecule has 2 N–H and O–H groups in total. The van der Waals surface area contributed by atoms with Crippen molar-refractivity contribution in [3.8, 4) is 34.5 Å². The van der Waals surface area contributed by atoms with E-state index in [4.69, 9.17) is 9.47 Å². The van der Waals surface area contributed by atoms with Crippen LogP contribution in [0, 0.1) is 0 Å². The van der Waals surface area contributed by atoms with E-state index in [2.05, 4.69) is 13.8 Å². The van der Waals surface area contributed by atoms with Gasteiger partial charge in [0.1, 0.15) is 43.8 Å². The van der Waals surface area contributed by atoms with Crippen molar-refractivity contribution in [2.24, 2.45) is 0 Å². The summed E-state index contributed by atoms with van der Waals surface area (Å²) in [6.45, 7) is 4.47. The molecule has 0 saturated heterocycles. The van der Waals surface area contributed by atoms with E-state index >= 15 is 0 Å². The van der Waals surface area contributed by atoms with E-state index in [9.17, 15) is 36.2 Å². The fourth-order valence-corrected chi connectivity index (χ4v) is 9.64. The average molecular weight is 963 g/mol. The van der Waals surface area contributed by atoms with Crippen LogP contribution in [0.25, 0.3) is 0 Å². The second-order valence-electron chi connectivity index (χ2n) is 16.8. The third kappa shape index (κ3) is 23.6. The average Bonchev–Trinajstić information content (AvgIpc) is 3.26. The van der Waals surface area contributed by atoms with Gasteiger partial charge in [-0.05, 0) is 73.7 Å². The molecule has 356 valence electrons. The minimum absolute atomic E-state index is 0. The summed E-state index contributed by atoms with van der Waals surface area (Å²) >= 11 is 0. The van der Waals surface area contributed by atoms with Gasteiger partial charge in [0.15, 0.2) is 0 Å². The van der Waals surface area contributed by atoms with Crippen molar-refractivity contribution in [3.63, 3.8) is 0 Å². The van der Waals surface area contributed by atoms with Crippen molar-refractivity contribution in [1.82, 2.24) is 0 Å². The smallest absolute Gasteiger partial charge is 0.872 e. The quantitative estimate of drug-likeness (QED) is 0.0272. The molecule has 0 aliphatic heterocycles. The summed E-state index contributed by atoms with van der Waals surface area (Å²) in [6, 6.07) is 22.7. The zero-order valence-corrected chi connectivity index (χ0v) is 43.0. The van der Waals surface area contributed by atoms with Crippen LogP contribution >= 0.6 is 0 Å². The molecule has 4 rings (SSSR count). The summed E-state index contributed by atoms with van der Waals surface area (Å²) in [5.41, 5.74) is 0.258. The Kier molecular flexibility index (Phi) is 30.1. The topological polar surface area (TPSA) is 173 Å². The number of hydrogen-bond acceptors (Lipinski definition) is 9. The Morgan fingerprint density at radius 1 is 0.462 bits per heavy atom. The maximum absolute atomic E-state index is 12.4. The Labute approximate surface area is 421 Å². The number of unbranched alkanes of at least 4 members (excludes halogenated alkanes) is 22. The fourth-order valence-electron chi connectivity index (χ4n) is 7.90. The predicted octanol–water partition coefficient (Wildman–Crippen LogP) is 14.0. The molecule has 10 nitrogen and oxygen atoms in total. The molecule has 0 heterocycles.